The molecule has 1 N–H and O–H groups in total. The molecule has 4 unspecified atom stereocenters. The average Bonchev–Trinajstić information content (AvgIpc) is 3.03. The quantitative estimate of drug-likeness (QED) is 0.895. The van der Waals surface area contributed by atoms with Crippen molar-refractivity contribution in [1.82, 2.24) is 9.88 Å². The maximum atomic E-state index is 11.2. The molecule has 0 amide bonds. The highest BCUT2D eigenvalue weighted by Crippen LogP contribution is 2.46. The third kappa shape index (κ3) is 1.68. The first-order chi connectivity index (χ1) is 8.18. The van der Waals surface area contributed by atoms with Gasteiger partial charge in [-0.15, -0.1) is 11.3 Å². The molecule has 3 heterocycles. The van der Waals surface area contributed by atoms with Gasteiger partial charge in [0.15, 0.2) is 0 Å². The van der Waals surface area contributed by atoms with E-state index in [2.05, 4.69) is 16.8 Å². The van der Waals surface area contributed by atoms with Crippen LogP contribution in [-0.4, -0.2) is 33.0 Å². The van der Waals surface area contributed by atoms with E-state index in [0.717, 1.165) is 19.3 Å². The molecule has 2 fully saturated rings. The van der Waals surface area contributed by atoms with E-state index < -0.39 is 5.97 Å². The molecule has 0 spiro atoms. The van der Waals surface area contributed by atoms with Gasteiger partial charge in [0.05, 0.1) is 11.4 Å². The molecule has 5 heteroatoms. The van der Waals surface area contributed by atoms with E-state index in [4.69, 9.17) is 0 Å². The number of aromatic nitrogens is 1. The molecule has 4 nitrogen and oxygen atoms in total. The van der Waals surface area contributed by atoms with Gasteiger partial charge in [0.1, 0.15) is 0 Å². The Kier molecular flexibility index (Phi) is 2.67. The number of carboxylic acids is 1. The van der Waals surface area contributed by atoms with Crippen molar-refractivity contribution >= 4 is 17.3 Å². The summed E-state index contributed by atoms with van der Waals surface area (Å²) in [6, 6.07) is 0.997. The molecule has 4 atom stereocenters. The predicted octanol–water partition coefficient (Wildman–Crippen LogP) is 2.14. The Balaban J connectivity index is 1.83. The second-order valence-corrected chi connectivity index (χ2v) is 5.92. The number of hydrogen-bond donors (Lipinski definition) is 1. The number of rotatable bonds is 3. The molecular weight excluding hydrogens is 236 g/mol. The largest absolute Gasteiger partial charge is 0.481 e. The fourth-order valence-electron chi connectivity index (χ4n) is 3.48. The van der Waals surface area contributed by atoms with Gasteiger partial charge in [0, 0.05) is 29.2 Å². The van der Waals surface area contributed by atoms with Crippen molar-refractivity contribution in [3.63, 3.8) is 0 Å². The Hall–Kier alpha value is -0.940. The van der Waals surface area contributed by atoms with Crippen molar-refractivity contribution in [2.24, 2.45) is 5.92 Å². The molecular formula is C12H16N2O2S. The van der Waals surface area contributed by atoms with Gasteiger partial charge < -0.3 is 5.11 Å². The number of hydrogen-bond acceptors (Lipinski definition) is 4. The maximum absolute atomic E-state index is 11.2. The molecule has 2 aliphatic heterocycles. The highest BCUT2D eigenvalue weighted by Gasteiger charge is 2.51. The lowest BCUT2D eigenvalue weighted by atomic mass is 9.89. The summed E-state index contributed by atoms with van der Waals surface area (Å²) in [5.41, 5.74) is 1.85. The number of carbonyl (C=O) groups is 1. The highest BCUT2D eigenvalue weighted by atomic mass is 32.1. The standard InChI is InChI=1S/C12H16N2O2S/c1-7(11-5-13-6-17-11)14-8-2-3-10(14)9(4-8)12(15)16/h5-10H,2-4H2,1H3,(H,15,16). The number of carboxylic acid groups (broad SMARTS) is 1. The third-order valence-corrected chi connectivity index (χ3v) is 5.16. The van der Waals surface area contributed by atoms with Crippen LogP contribution in [0, 0.1) is 5.92 Å². The summed E-state index contributed by atoms with van der Waals surface area (Å²) in [4.78, 5) is 19.0. The van der Waals surface area contributed by atoms with Crippen molar-refractivity contribution < 1.29 is 9.90 Å². The van der Waals surface area contributed by atoms with Crippen LogP contribution in [0.2, 0.25) is 0 Å². The van der Waals surface area contributed by atoms with E-state index in [1.807, 2.05) is 11.7 Å². The van der Waals surface area contributed by atoms with Gasteiger partial charge in [0.25, 0.3) is 0 Å². The van der Waals surface area contributed by atoms with Crippen LogP contribution >= 0.6 is 11.3 Å². The maximum Gasteiger partial charge on any atom is 0.308 e. The second-order valence-electron chi connectivity index (χ2n) is 5.01. The summed E-state index contributed by atoms with van der Waals surface area (Å²) >= 11 is 1.66. The van der Waals surface area contributed by atoms with Gasteiger partial charge in [-0.1, -0.05) is 0 Å². The molecule has 3 rings (SSSR count). The number of aliphatic carboxylic acids is 1. The molecule has 1 aromatic rings. The first-order valence-corrected chi connectivity index (χ1v) is 6.95. The van der Waals surface area contributed by atoms with E-state index in [-0.39, 0.29) is 12.0 Å². The van der Waals surface area contributed by atoms with Crippen molar-refractivity contribution in [2.45, 2.75) is 44.3 Å². The lowest BCUT2D eigenvalue weighted by Crippen LogP contribution is -2.34. The Morgan fingerprint density at radius 2 is 2.47 bits per heavy atom. The Labute approximate surface area is 104 Å². The van der Waals surface area contributed by atoms with Gasteiger partial charge in [-0.25, -0.2) is 0 Å². The molecule has 2 aliphatic rings. The zero-order chi connectivity index (χ0) is 12.0. The average molecular weight is 252 g/mol. The minimum atomic E-state index is -0.626. The van der Waals surface area contributed by atoms with Gasteiger partial charge in [-0.05, 0) is 26.2 Å². The molecule has 2 saturated heterocycles. The highest BCUT2D eigenvalue weighted by molar-refractivity contribution is 7.09. The summed E-state index contributed by atoms with van der Waals surface area (Å²) in [6.45, 7) is 2.17. The zero-order valence-corrected chi connectivity index (χ0v) is 10.6. The first kappa shape index (κ1) is 11.2. The minimum absolute atomic E-state index is 0.163. The first-order valence-electron chi connectivity index (χ1n) is 6.07. The van der Waals surface area contributed by atoms with Gasteiger partial charge >= 0.3 is 5.97 Å². The van der Waals surface area contributed by atoms with E-state index in [0.29, 0.717) is 12.1 Å². The fraction of sp³-hybridized carbons (Fsp3) is 0.667. The predicted molar refractivity (Wildman–Crippen MR) is 64.9 cm³/mol. The van der Waals surface area contributed by atoms with Gasteiger partial charge in [-0.2, -0.15) is 0 Å². The normalized spacial score (nSPS) is 34.1. The van der Waals surface area contributed by atoms with Crippen molar-refractivity contribution in [3.05, 3.63) is 16.6 Å². The Morgan fingerprint density at radius 1 is 1.65 bits per heavy atom. The summed E-state index contributed by atoms with van der Waals surface area (Å²) < 4.78 is 0. The third-order valence-electron chi connectivity index (χ3n) is 4.22. The Bertz CT molecular complexity index is 420. The fourth-order valence-corrected chi connectivity index (χ4v) is 4.16. The molecule has 92 valence electrons. The van der Waals surface area contributed by atoms with E-state index in [1.165, 1.54) is 4.88 Å². The molecule has 0 saturated carbocycles. The summed E-state index contributed by atoms with van der Waals surface area (Å²) in [5.74, 6) is -0.789. The van der Waals surface area contributed by atoms with Crippen LogP contribution in [0.4, 0.5) is 0 Å². The summed E-state index contributed by atoms with van der Waals surface area (Å²) in [5, 5.41) is 9.23. The van der Waals surface area contributed by atoms with Crippen LogP contribution in [0.3, 0.4) is 0 Å². The summed E-state index contributed by atoms with van der Waals surface area (Å²) in [7, 11) is 0. The van der Waals surface area contributed by atoms with Gasteiger partial charge in [0.2, 0.25) is 0 Å². The molecule has 17 heavy (non-hydrogen) atoms. The SMILES string of the molecule is CC(c1cncs1)N1C2CCC1C(C(=O)O)C2. The van der Waals surface area contributed by atoms with Crippen LogP contribution in [0.5, 0.6) is 0 Å². The lowest BCUT2D eigenvalue weighted by molar-refractivity contribution is -0.142. The van der Waals surface area contributed by atoms with Crippen LogP contribution < -0.4 is 0 Å². The van der Waals surface area contributed by atoms with Crippen molar-refractivity contribution in [2.75, 3.05) is 0 Å². The lowest BCUT2D eigenvalue weighted by Gasteiger charge is -2.28. The van der Waals surface area contributed by atoms with Crippen LogP contribution in [0.15, 0.2) is 11.7 Å². The van der Waals surface area contributed by atoms with Gasteiger partial charge in [-0.3, -0.25) is 14.7 Å². The van der Waals surface area contributed by atoms with E-state index in [9.17, 15) is 9.90 Å². The second kappa shape index (κ2) is 4.07. The molecule has 0 radical (unpaired) electrons. The molecule has 0 aromatic carbocycles. The topological polar surface area (TPSA) is 53.4 Å². The monoisotopic (exact) mass is 252 g/mol. The van der Waals surface area contributed by atoms with E-state index >= 15 is 0 Å². The van der Waals surface area contributed by atoms with Crippen molar-refractivity contribution in [1.29, 1.82) is 0 Å². The number of nitrogens with zero attached hydrogens (tertiary/aromatic N) is 2. The molecule has 1 aromatic heterocycles. The van der Waals surface area contributed by atoms with E-state index in [1.54, 1.807) is 11.3 Å². The smallest absolute Gasteiger partial charge is 0.308 e. The molecule has 2 bridgehead atoms. The number of thiazole rings is 1. The van der Waals surface area contributed by atoms with Crippen LogP contribution in [0.1, 0.15) is 37.1 Å². The molecule has 0 aliphatic carbocycles. The zero-order valence-electron chi connectivity index (χ0n) is 9.74. The van der Waals surface area contributed by atoms with Crippen LogP contribution in [-0.2, 0) is 4.79 Å². The Morgan fingerprint density at radius 3 is 3.06 bits per heavy atom. The number of fused-ring (bicyclic) bond motifs is 2. The summed E-state index contributed by atoms with van der Waals surface area (Å²) in [6.07, 6.45) is 4.91. The minimum Gasteiger partial charge on any atom is -0.481 e. The van der Waals surface area contributed by atoms with Crippen LogP contribution in [0.25, 0.3) is 0 Å². The van der Waals surface area contributed by atoms with Crippen molar-refractivity contribution in [3.8, 4) is 0 Å².